The van der Waals surface area contributed by atoms with Crippen LogP contribution in [0.3, 0.4) is 0 Å². The van der Waals surface area contributed by atoms with Gasteiger partial charge in [-0.15, -0.1) is 0 Å². The molecule has 0 unspecified atom stereocenters. The fourth-order valence-electron chi connectivity index (χ4n) is 2.31. The van der Waals surface area contributed by atoms with Gasteiger partial charge in [0.2, 0.25) is 0 Å². The van der Waals surface area contributed by atoms with Crippen LogP contribution in [-0.4, -0.2) is 15.8 Å². The van der Waals surface area contributed by atoms with Gasteiger partial charge in [-0.2, -0.15) is 0 Å². The average molecular weight is 288 g/mol. The van der Waals surface area contributed by atoms with Crippen molar-refractivity contribution in [2.24, 2.45) is 0 Å². The Morgan fingerprint density at radius 3 is 2.09 bits per heavy atom. The summed E-state index contributed by atoms with van der Waals surface area (Å²) in [6.45, 7) is 1.84. The Bertz CT molecular complexity index is 783. The lowest BCUT2D eigenvalue weighted by molar-refractivity contribution is 0.0984. The molecule has 0 bridgehead atoms. The molecule has 0 spiro atoms. The van der Waals surface area contributed by atoms with Gasteiger partial charge in [-0.3, -0.25) is 4.79 Å². The first-order valence-electron chi connectivity index (χ1n) is 7.30. The van der Waals surface area contributed by atoms with Crippen molar-refractivity contribution in [2.45, 2.75) is 13.3 Å². The highest BCUT2D eigenvalue weighted by molar-refractivity contribution is 5.99. The van der Waals surface area contributed by atoms with Gasteiger partial charge in [0, 0.05) is 17.5 Å². The topological polar surface area (TPSA) is 42.9 Å². The third-order valence-corrected chi connectivity index (χ3v) is 3.47. The maximum Gasteiger partial charge on any atom is 0.183 e. The van der Waals surface area contributed by atoms with Crippen LogP contribution in [0.15, 0.2) is 66.9 Å². The van der Waals surface area contributed by atoms with E-state index in [9.17, 15) is 4.79 Å². The van der Waals surface area contributed by atoms with E-state index in [1.807, 2.05) is 67.6 Å². The molecule has 0 aliphatic rings. The van der Waals surface area contributed by atoms with Crippen molar-refractivity contribution in [3.63, 3.8) is 0 Å². The molecule has 0 aliphatic heterocycles. The summed E-state index contributed by atoms with van der Waals surface area (Å²) in [6, 6.07) is 19.6. The molecular weight excluding hydrogens is 272 g/mol. The Morgan fingerprint density at radius 2 is 1.50 bits per heavy atom. The molecular formula is C19H16N2O. The lowest BCUT2D eigenvalue weighted by Gasteiger charge is -2.09. The van der Waals surface area contributed by atoms with Crippen molar-refractivity contribution in [2.75, 3.05) is 0 Å². The van der Waals surface area contributed by atoms with Gasteiger partial charge in [-0.1, -0.05) is 67.6 Å². The molecule has 22 heavy (non-hydrogen) atoms. The number of carbonyl (C=O) groups is 1. The maximum atomic E-state index is 12.2. The molecule has 0 radical (unpaired) electrons. The first-order valence-corrected chi connectivity index (χ1v) is 7.30. The maximum absolute atomic E-state index is 12.2. The molecule has 3 rings (SSSR count). The largest absolute Gasteiger partial charge is 0.292 e. The van der Waals surface area contributed by atoms with Crippen LogP contribution in [0.2, 0.25) is 0 Å². The number of Topliss-reactive ketones (excluding diaryl/α,β-unsaturated/α-hetero) is 1. The summed E-state index contributed by atoms with van der Waals surface area (Å²) in [5.41, 5.74) is 3.75. The van der Waals surface area contributed by atoms with Crippen molar-refractivity contribution in [1.29, 1.82) is 0 Å². The summed E-state index contributed by atoms with van der Waals surface area (Å²) in [5.74, 6) is 0.00552. The van der Waals surface area contributed by atoms with Gasteiger partial charge in [0.1, 0.15) is 11.4 Å². The summed E-state index contributed by atoms with van der Waals surface area (Å²) >= 11 is 0. The molecule has 0 saturated carbocycles. The van der Waals surface area contributed by atoms with Crippen LogP contribution in [0.25, 0.3) is 22.5 Å². The molecule has 0 fully saturated rings. The molecule has 0 atom stereocenters. The number of hydrogen-bond donors (Lipinski definition) is 0. The summed E-state index contributed by atoms with van der Waals surface area (Å²) in [7, 11) is 0. The minimum atomic E-state index is 0.00552. The number of aromatic nitrogens is 2. The van der Waals surface area contributed by atoms with Crippen LogP contribution in [0.5, 0.6) is 0 Å². The zero-order chi connectivity index (χ0) is 15.4. The number of ketones is 1. The molecule has 1 heterocycles. The second kappa shape index (κ2) is 6.31. The Kier molecular flexibility index (Phi) is 4.05. The summed E-state index contributed by atoms with van der Waals surface area (Å²) in [4.78, 5) is 21.2. The fourth-order valence-corrected chi connectivity index (χ4v) is 2.31. The molecule has 3 aromatic rings. The van der Waals surface area contributed by atoms with E-state index in [1.54, 1.807) is 6.20 Å². The number of nitrogens with zero attached hydrogens (tertiary/aromatic N) is 2. The van der Waals surface area contributed by atoms with Crippen LogP contribution in [0, 0.1) is 0 Å². The summed E-state index contributed by atoms with van der Waals surface area (Å²) in [5, 5.41) is 0. The molecule has 0 aliphatic carbocycles. The van der Waals surface area contributed by atoms with Crippen molar-refractivity contribution >= 4 is 5.78 Å². The van der Waals surface area contributed by atoms with E-state index in [0.717, 1.165) is 16.8 Å². The quantitative estimate of drug-likeness (QED) is 0.668. The number of carbonyl (C=O) groups excluding carboxylic acids is 1. The van der Waals surface area contributed by atoms with E-state index in [1.165, 1.54) is 0 Å². The van der Waals surface area contributed by atoms with E-state index < -0.39 is 0 Å². The Labute approximate surface area is 129 Å². The minimum Gasteiger partial charge on any atom is -0.292 e. The Morgan fingerprint density at radius 1 is 0.909 bits per heavy atom. The molecule has 0 saturated heterocycles. The van der Waals surface area contributed by atoms with E-state index in [2.05, 4.69) is 4.98 Å². The predicted octanol–water partition coefficient (Wildman–Crippen LogP) is 4.40. The smallest absolute Gasteiger partial charge is 0.183 e. The number of benzene rings is 2. The zero-order valence-corrected chi connectivity index (χ0v) is 12.4. The highest BCUT2D eigenvalue weighted by atomic mass is 16.1. The Hall–Kier alpha value is -2.81. The van der Waals surface area contributed by atoms with E-state index in [-0.39, 0.29) is 5.78 Å². The highest BCUT2D eigenvalue weighted by Crippen LogP contribution is 2.25. The van der Waals surface area contributed by atoms with Crippen molar-refractivity contribution in [3.05, 3.63) is 72.6 Å². The lowest BCUT2D eigenvalue weighted by Crippen LogP contribution is -2.06. The van der Waals surface area contributed by atoms with Crippen molar-refractivity contribution in [1.82, 2.24) is 9.97 Å². The van der Waals surface area contributed by atoms with Gasteiger partial charge in [-0.25, -0.2) is 9.97 Å². The monoisotopic (exact) mass is 288 g/mol. The van der Waals surface area contributed by atoms with E-state index >= 15 is 0 Å². The summed E-state index contributed by atoms with van der Waals surface area (Å²) in [6.07, 6.45) is 2.09. The molecule has 3 nitrogen and oxygen atoms in total. The van der Waals surface area contributed by atoms with Gasteiger partial charge < -0.3 is 0 Å². The normalized spacial score (nSPS) is 10.4. The first kappa shape index (κ1) is 14.1. The van der Waals surface area contributed by atoms with Crippen LogP contribution in [0.4, 0.5) is 0 Å². The molecule has 3 heteroatoms. The summed E-state index contributed by atoms with van der Waals surface area (Å²) < 4.78 is 0. The standard InChI is InChI=1S/C19H16N2O/c1-2-17(22)19-18(15-11-7-4-8-12-15)21-16(13-20-19)14-9-5-3-6-10-14/h3-13H,2H2,1H3. The first-order chi connectivity index (χ1) is 10.8. The molecule has 1 aromatic heterocycles. The van der Waals surface area contributed by atoms with Crippen LogP contribution >= 0.6 is 0 Å². The second-order valence-electron chi connectivity index (χ2n) is 4.96. The van der Waals surface area contributed by atoms with Gasteiger partial charge >= 0.3 is 0 Å². The van der Waals surface area contributed by atoms with Gasteiger partial charge in [0.15, 0.2) is 5.78 Å². The molecule has 108 valence electrons. The molecule has 2 aromatic carbocycles. The Balaban J connectivity index is 2.17. The van der Waals surface area contributed by atoms with Gasteiger partial charge in [0.25, 0.3) is 0 Å². The van der Waals surface area contributed by atoms with E-state index in [4.69, 9.17) is 4.98 Å². The lowest BCUT2D eigenvalue weighted by atomic mass is 10.0. The number of hydrogen-bond acceptors (Lipinski definition) is 3. The second-order valence-corrected chi connectivity index (χ2v) is 4.96. The van der Waals surface area contributed by atoms with Gasteiger partial charge in [0.05, 0.1) is 11.9 Å². The van der Waals surface area contributed by atoms with Crippen LogP contribution < -0.4 is 0 Å². The minimum absolute atomic E-state index is 0.00552. The molecule has 0 amide bonds. The average Bonchev–Trinajstić information content (AvgIpc) is 2.62. The van der Waals surface area contributed by atoms with Gasteiger partial charge in [-0.05, 0) is 0 Å². The van der Waals surface area contributed by atoms with Crippen molar-refractivity contribution < 1.29 is 4.79 Å². The van der Waals surface area contributed by atoms with Crippen LogP contribution in [-0.2, 0) is 0 Å². The zero-order valence-electron chi connectivity index (χ0n) is 12.4. The van der Waals surface area contributed by atoms with Crippen LogP contribution in [0.1, 0.15) is 23.8 Å². The highest BCUT2D eigenvalue weighted by Gasteiger charge is 2.16. The SMILES string of the molecule is CCC(=O)c1ncc(-c2ccccc2)nc1-c1ccccc1. The van der Waals surface area contributed by atoms with Crippen molar-refractivity contribution in [3.8, 4) is 22.5 Å². The predicted molar refractivity (Wildman–Crippen MR) is 87.5 cm³/mol. The van der Waals surface area contributed by atoms with E-state index in [0.29, 0.717) is 17.8 Å². The molecule has 0 N–H and O–H groups in total. The number of rotatable bonds is 4. The fraction of sp³-hybridized carbons (Fsp3) is 0.105. The third kappa shape index (κ3) is 2.79. The third-order valence-electron chi connectivity index (χ3n) is 3.47.